The molecule has 7 nitrogen and oxygen atoms in total. The minimum absolute atomic E-state index is 0.0166. The van der Waals surface area contributed by atoms with Crippen molar-refractivity contribution in [2.75, 3.05) is 17.2 Å². The standard InChI is InChI=1S/C21H31N7/c1-13(2)17-18-19(28(27-17)14(3)4)20(23-12-16-9-7-6-8-10-16)26-21(25-18)24-11-15(5)22/h6-10,13-15H,11-12,22H2,1-5H3,(H2,23,24,25,26). The third-order valence-corrected chi connectivity index (χ3v) is 4.49. The van der Waals surface area contributed by atoms with Crippen LogP contribution in [0.3, 0.4) is 0 Å². The molecule has 0 fully saturated rings. The monoisotopic (exact) mass is 381 g/mol. The molecule has 150 valence electrons. The van der Waals surface area contributed by atoms with Crippen LogP contribution in [-0.4, -0.2) is 32.3 Å². The van der Waals surface area contributed by atoms with Gasteiger partial charge in [-0.1, -0.05) is 44.2 Å². The molecule has 1 unspecified atom stereocenters. The van der Waals surface area contributed by atoms with Crippen molar-refractivity contribution >= 4 is 22.8 Å². The second kappa shape index (κ2) is 8.56. The second-order valence-electron chi connectivity index (χ2n) is 7.87. The highest BCUT2D eigenvalue weighted by Crippen LogP contribution is 2.31. The Kier molecular flexibility index (Phi) is 6.14. The first kappa shape index (κ1) is 20.1. The number of nitrogens with two attached hydrogens (primary N) is 1. The van der Waals surface area contributed by atoms with Crippen LogP contribution in [0, 0.1) is 0 Å². The van der Waals surface area contributed by atoms with Crippen molar-refractivity contribution in [3.63, 3.8) is 0 Å². The topological polar surface area (TPSA) is 93.7 Å². The molecule has 1 atom stereocenters. The van der Waals surface area contributed by atoms with Crippen LogP contribution in [0.1, 0.15) is 57.8 Å². The normalized spacial score (nSPS) is 12.7. The molecular formula is C21H31N7. The number of aromatic nitrogens is 4. The van der Waals surface area contributed by atoms with Gasteiger partial charge >= 0.3 is 0 Å². The van der Waals surface area contributed by atoms with Crippen molar-refractivity contribution in [2.24, 2.45) is 5.73 Å². The highest BCUT2D eigenvalue weighted by Gasteiger charge is 2.21. The number of nitrogens with one attached hydrogen (secondary N) is 2. The second-order valence-corrected chi connectivity index (χ2v) is 7.87. The lowest BCUT2D eigenvalue weighted by Gasteiger charge is -2.14. The van der Waals surface area contributed by atoms with E-state index in [1.54, 1.807) is 0 Å². The van der Waals surface area contributed by atoms with Gasteiger partial charge in [0.15, 0.2) is 5.82 Å². The molecule has 4 N–H and O–H groups in total. The first-order valence-electron chi connectivity index (χ1n) is 9.94. The maximum absolute atomic E-state index is 5.90. The fourth-order valence-corrected chi connectivity index (χ4v) is 3.06. The van der Waals surface area contributed by atoms with Gasteiger partial charge < -0.3 is 16.4 Å². The molecule has 3 aromatic rings. The lowest BCUT2D eigenvalue weighted by Crippen LogP contribution is -2.26. The molecule has 0 saturated heterocycles. The van der Waals surface area contributed by atoms with Gasteiger partial charge in [-0.3, -0.25) is 4.68 Å². The van der Waals surface area contributed by atoms with E-state index in [0.717, 1.165) is 22.5 Å². The summed E-state index contributed by atoms with van der Waals surface area (Å²) < 4.78 is 2.02. The Morgan fingerprint density at radius 2 is 1.71 bits per heavy atom. The zero-order valence-electron chi connectivity index (χ0n) is 17.4. The third kappa shape index (κ3) is 4.42. The van der Waals surface area contributed by atoms with Crippen molar-refractivity contribution in [1.29, 1.82) is 0 Å². The minimum atomic E-state index is 0.0166. The Labute approximate surface area is 166 Å². The van der Waals surface area contributed by atoms with Gasteiger partial charge in [-0.2, -0.15) is 10.1 Å². The summed E-state index contributed by atoms with van der Waals surface area (Å²) in [5.41, 5.74) is 9.91. The van der Waals surface area contributed by atoms with Gasteiger partial charge in [0.05, 0.1) is 5.69 Å². The Bertz CT molecular complexity index is 913. The number of nitrogens with zero attached hydrogens (tertiary/aromatic N) is 4. The van der Waals surface area contributed by atoms with Gasteiger partial charge in [-0.25, -0.2) is 4.98 Å². The number of benzene rings is 1. The SMILES string of the molecule is CC(N)CNc1nc(NCc2ccccc2)c2c(n1)c(C(C)C)nn2C(C)C. The molecule has 0 amide bonds. The smallest absolute Gasteiger partial charge is 0.225 e. The molecule has 7 heteroatoms. The first-order chi connectivity index (χ1) is 13.4. The van der Waals surface area contributed by atoms with Crippen LogP contribution < -0.4 is 16.4 Å². The number of rotatable bonds is 8. The molecule has 2 heterocycles. The molecule has 0 spiro atoms. The molecular weight excluding hydrogens is 350 g/mol. The van der Waals surface area contributed by atoms with Crippen molar-refractivity contribution in [1.82, 2.24) is 19.7 Å². The maximum Gasteiger partial charge on any atom is 0.225 e. The van der Waals surface area contributed by atoms with Gasteiger partial charge in [0.25, 0.3) is 0 Å². The van der Waals surface area contributed by atoms with Crippen LogP contribution in [-0.2, 0) is 6.54 Å². The van der Waals surface area contributed by atoms with Crippen LogP contribution in [0.2, 0.25) is 0 Å². The zero-order valence-corrected chi connectivity index (χ0v) is 17.4. The van der Waals surface area contributed by atoms with E-state index in [0.29, 0.717) is 19.0 Å². The van der Waals surface area contributed by atoms with E-state index in [4.69, 9.17) is 20.8 Å². The number of hydrogen-bond donors (Lipinski definition) is 3. The summed E-state index contributed by atoms with van der Waals surface area (Å²) in [6.07, 6.45) is 0. The van der Waals surface area contributed by atoms with E-state index in [1.807, 2.05) is 29.8 Å². The molecule has 0 saturated carbocycles. The lowest BCUT2D eigenvalue weighted by atomic mass is 10.1. The largest absolute Gasteiger partial charge is 0.364 e. The van der Waals surface area contributed by atoms with E-state index in [2.05, 4.69) is 50.5 Å². The van der Waals surface area contributed by atoms with Crippen LogP contribution in [0.5, 0.6) is 0 Å². The highest BCUT2D eigenvalue weighted by molar-refractivity contribution is 5.89. The molecule has 28 heavy (non-hydrogen) atoms. The van der Waals surface area contributed by atoms with Crippen LogP contribution >= 0.6 is 0 Å². The summed E-state index contributed by atoms with van der Waals surface area (Å²) in [5.74, 6) is 1.63. The van der Waals surface area contributed by atoms with Gasteiger partial charge in [0, 0.05) is 25.2 Å². The lowest BCUT2D eigenvalue weighted by molar-refractivity contribution is 0.539. The highest BCUT2D eigenvalue weighted by atomic mass is 15.3. The molecule has 2 aromatic heterocycles. The van der Waals surface area contributed by atoms with E-state index < -0.39 is 0 Å². The quantitative estimate of drug-likeness (QED) is 0.548. The van der Waals surface area contributed by atoms with Crippen LogP contribution in [0.4, 0.5) is 11.8 Å². The zero-order chi connectivity index (χ0) is 20.3. The van der Waals surface area contributed by atoms with Crippen molar-refractivity contribution < 1.29 is 0 Å². The Balaban J connectivity index is 2.08. The summed E-state index contributed by atoms with van der Waals surface area (Å²) in [6.45, 7) is 11.8. The van der Waals surface area contributed by atoms with Gasteiger partial charge in [0.2, 0.25) is 5.95 Å². The van der Waals surface area contributed by atoms with E-state index in [9.17, 15) is 0 Å². The van der Waals surface area contributed by atoms with E-state index >= 15 is 0 Å². The van der Waals surface area contributed by atoms with Gasteiger partial charge in [-0.05, 0) is 32.3 Å². The Morgan fingerprint density at radius 1 is 1.00 bits per heavy atom. The number of anilines is 2. The molecule has 1 aromatic carbocycles. The Morgan fingerprint density at radius 3 is 2.32 bits per heavy atom. The number of hydrogen-bond acceptors (Lipinski definition) is 6. The van der Waals surface area contributed by atoms with E-state index in [-0.39, 0.29) is 18.0 Å². The maximum atomic E-state index is 5.90. The summed E-state index contributed by atoms with van der Waals surface area (Å²) >= 11 is 0. The fourth-order valence-electron chi connectivity index (χ4n) is 3.06. The van der Waals surface area contributed by atoms with Crippen LogP contribution in [0.15, 0.2) is 30.3 Å². The molecule has 0 aliphatic carbocycles. The van der Waals surface area contributed by atoms with Crippen molar-refractivity contribution in [3.8, 4) is 0 Å². The predicted molar refractivity (Wildman–Crippen MR) is 116 cm³/mol. The first-order valence-corrected chi connectivity index (χ1v) is 9.94. The minimum Gasteiger partial charge on any atom is -0.364 e. The molecule has 0 aliphatic rings. The summed E-state index contributed by atoms with van der Waals surface area (Å²) in [5, 5.41) is 11.6. The number of fused-ring (bicyclic) bond motifs is 1. The van der Waals surface area contributed by atoms with Crippen molar-refractivity contribution in [3.05, 3.63) is 41.6 Å². The molecule has 0 aliphatic heterocycles. The van der Waals surface area contributed by atoms with Crippen molar-refractivity contribution in [2.45, 2.75) is 59.2 Å². The molecule has 0 bridgehead atoms. The summed E-state index contributed by atoms with van der Waals surface area (Å²) in [4.78, 5) is 9.54. The third-order valence-electron chi connectivity index (χ3n) is 4.49. The molecule has 3 rings (SSSR count). The fraction of sp³-hybridized carbons (Fsp3) is 0.476. The van der Waals surface area contributed by atoms with Crippen LogP contribution in [0.25, 0.3) is 11.0 Å². The molecule has 0 radical (unpaired) electrons. The Hall–Kier alpha value is -2.67. The summed E-state index contributed by atoms with van der Waals surface area (Å²) in [6, 6.07) is 10.5. The van der Waals surface area contributed by atoms with Gasteiger partial charge in [0.1, 0.15) is 11.0 Å². The average molecular weight is 382 g/mol. The average Bonchev–Trinajstić information content (AvgIpc) is 3.05. The van der Waals surface area contributed by atoms with E-state index in [1.165, 1.54) is 5.56 Å². The predicted octanol–water partition coefficient (Wildman–Crippen LogP) is 3.90. The summed E-state index contributed by atoms with van der Waals surface area (Å²) in [7, 11) is 0. The van der Waals surface area contributed by atoms with Gasteiger partial charge in [-0.15, -0.1) is 0 Å².